The van der Waals surface area contributed by atoms with Crippen LogP contribution in [0.4, 0.5) is 13.2 Å². The zero-order chi connectivity index (χ0) is 14.9. The van der Waals surface area contributed by atoms with E-state index in [9.17, 15) is 13.2 Å². The molecule has 0 atom stereocenters. The van der Waals surface area contributed by atoms with Gasteiger partial charge in [-0.25, -0.2) is 4.98 Å². The number of nitrogens with one attached hydrogen (secondary N) is 1. The summed E-state index contributed by atoms with van der Waals surface area (Å²) in [5.41, 5.74) is -0.678. The summed E-state index contributed by atoms with van der Waals surface area (Å²) in [4.78, 5) is 4.22. The molecule has 0 amide bonds. The van der Waals surface area contributed by atoms with E-state index in [2.05, 4.69) is 10.3 Å². The number of rotatable bonds is 6. The molecule has 21 heavy (non-hydrogen) atoms. The normalized spacial score (nSPS) is 20.3. The molecule has 3 rings (SSSR count). The molecule has 0 radical (unpaired) electrons. The van der Waals surface area contributed by atoms with Gasteiger partial charge in [-0.1, -0.05) is 12.8 Å². The summed E-state index contributed by atoms with van der Waals surface area (Å²) in [6, 6.07) is 0.407. The Hall–Kier alpha value is -0.270. The molecule has 1 aromatic rings. The van der Waals surface area contributed by atoms with Crippen LogP contribution in [0.1, 0.15) is 54.1 Å². The molecule has 0 spiro atoms. The van der Waals surface area contributed by atoms with Gasteiger partial charge in [0.25, 0.3) is 0 Å². The third kappa shape index (κ3) is 4.36. The minimum absolute atomic E-state index is 0.297. The summed E-state index contributed by atoms with van der Waals surface area (Å²) in [6.45, 7) is 0.297. The highest BCUT2D eigenvalue weighted by molar-refractivity contribution is 7.99. The van der Waals surface area contributed by atoms with Crippen molar-refractivity contribution in [2.75, 3.05) is 0 Å². The first-order valence-electron chi connectivity index (χ1n) is 7.43. The SMILES string of the molecule is FC(F)(F)c1nc(CSC2CCCC2)sc1CNC1CC1. The van der Waals surface area contributed by atoms with E-state index in [-0.39, 0.29) is 0 Å². The molecule has 7 heteroatoms. The van der Waals surface area contributed by atoms with Crippen LogP contribution in [0.5, 0.6) is 0 Å². The van der Waals surface area contributed by atoms with Gasteiger partial charge in [0.05, 0.1) is 4.88 Å². The second kappa shape index (κ2) is 6.46. The van der Waals surface area contributed by atoms with E-state index in [1.807, 2.05) is 0 Å². The lowest BCUT2D eigenvalue weighted by Gasteiger charge is -2.06. The van der Waals surface area contributed by atoms with E-state index >= 15 is 0 Å². The molecule has 1 aromatic heterocycles. The summed E-state index contributed by atoms with van der Waals surface area (Å²) in [5, 5.41) is 4.38. The average molecular weight is 336 g/mol. The summed E-state index contributed by atoms with van der Waals surface area (Å²) in [6.07, 6.45) is 2.69. The molecule has 118 valence electrons. The molecule has 2 aliphatic carbocycles. The number of thiazole rings is 1. The van der Waals surface area contributed by atoms with Gasteiger partial charge in [-0.05, 0) is 25.7 Å². The Morgan fingerprint density at radius 3 is 2.52 bits per heavy atom. The molecule has 2 nitrogen and oxygen atoms in total. The zero-order valence-corrected chi connectivity index (χ0v) is 13.3. The van der Waals surface area contributed by atoms with E-state index in [4.69, 9.17) is 0 Å². The van der Waals surface area contributed by atoms with Crippen molar-refractivity contribution in [3.63, 3.8) is 0 Å². The highest BCUT2D eigenvalue weighted by atomic mass is 32.2. The molecule has 0 saturated heterocycles. The van der Waals surface area contributed by atoms with Gasteiger partial charge in [0.2, 0.25) is 0 Å². The number of halogens is 3. The highest BCUT2D eigenvalue weighted by Gasteiger charge is 2.37. The molecule has 2 aliphatic rings. The van der Waals surface area contributed by atoms with Crippen LogP contribution >= 0.6 is 23.1 Å². The minimum Gasteiger partial charge on any atom is -0.309 e. The van der Waals surface area contributed by atoms with Gasteiger partial charge in [-0.15, -0.1) is 11.3 Å². The van der Waals surface area contributed by atoms with Gasteiger partial charge in [0.15, 0.2) is 5.69 Å². The van der Waals surface area contributed by atoms with E-state index in [0.29, 0.717) is 33.5 Å². The van der Waals surface area contributed by atoms with Gasteiger partial charge in [0.1, 0.15) is 5.01 Å². The van der Waals surface area contributed by atoms with Gasteiger partial charge in [0, 0.05) is 23.6 Å². The summed E-state index contributed by atoms with van der Waals surface area (Å²) >= 11 is 2.99. The zero-order valence-electron chi connectivity index (χ0n) is 11.7. The van der Waals surface area contributed by atoms with Crippen LogP contribution in [-0.2, 0) is 18.5 Å². The number of hydrogen-bond acceptors (Lipinski definition) is 4. The lowest BCUT2D eigenvalue weighted by molar-refractivity contribution is -0.141. The van der Waals surface area contributed by atoms with Crippen molar-refractivity contribution in [3.05, 3.63) is 15.6 Å². The van der Waals surface area contributed by atoms with Crippen molar-refractivity contribution in [2.45, 2.75) is 68.3 Å². The van der Waals surface area contributed by atoms with E-state index in [1.54, 1.807) is 11.8 Å². The minimum atomic E-state index is -4.34. The van der Waals surface area contributed by atoms with Crippen LogP contribution in [0, 0.1) is 0 Å². The summed E-state index contributed by atoms with van der Waals surface area (Å²) < 4.78 is 39.2. The summed E-state index contributed by atoms with van der Waals surface area (Å²) in [7, 11) is 0. The lowest BCUT2D eigenvalue weighted by atomic mass is 10.3. The van der Waals surface area contributed by atoms with Crippen LogP contribution in [-0.4, -0.2) is 16.3 Å². The number of hydrogen-bond donors (Lipinski definition) is 1. The largest absolute Gasteiger partial charge is 0.434 e. The van der Waals surface area contributed by atoms with Crippen molar-refractivity contribution in [1.29, 1.82) is 0 Å². The highest BCUT2D eigenvalue weighted by Crippen LogP contribution is 2.37. The number of aromatic nitrogens is 1. The molecular formula is C14H19F3N2S2. The smallest absolute Gasteiger partial charge is 0.309 e. The molecule has 0 aliphatic heterocycles. The molecular weight excluding hydrogens is 317 g/mol. The van der Waals surface area contributed by atoms with Crippen LogP contribution < -0.4 is 5.32 Å². The second-order valence-corrected chi connectivity index (χ2v) is 8.21. The maximum absolute atomic E-state index is 13.1. The second-order valence-electron chi connectivity index (χ2n) is 5.75. The Morgan fingerprint density at radius 1 is 1.19 bits per heavy atom. The van der Waals surface area contributed by atoms with Crippen LogP contribution in [0.2, 0.25) is 0 Å². The number of nitrogens with zero attached hydrogens (tertiary/aromatic N) is 1. The molecule has 2 saturated carbocycles. The topological polar surface area (TPSA) is 24.9 Å². The van der Waals surface area contributed by atoms with Crippen molar-refractivity contribution in [3.8, 4) is 0 Å². The standard InChI is InChI=1S/C14H19F3N2S2/c15-14(16,17)13-11(7-18-9-5-6-9)21-12(19-13)8-20-10-3-1-2-4-10/h9-10,18H,1-8H2. The van der Waals surface area contributed by atoms with Crippen molar-refractivity contribution in [2.24, 2.45) is 0 Å². The first-order valence-corrected chi connectivity index (χ1v) is 9.29. The maximum Gasteiger partial charge on any atom is 0.434 e. The van der Waals surface area contributed by atoms with Gasteiger partial charge >= 0.3 is 6.18 Å². The number of thioether (sulfide) groups is 1. The Labute approximate surface area is 130 Å². The van der Waals surface area contributed by atoms with Gasteiger partial charge < -0.3 is 5.32 Å². The first kappa shape index (κ1) is 15.6. The van der Waals surface area contributed by atoms with Gasteiger partial charge in [-0.2, -0.15) is 24.9 Å². The van der Waals surface area contributed by atoms with E-state index < -0.39 is 11.9 Å². The van der Waals surface area contributed by atoms with Crippen LogP contribution in [0.15, 0.2) is 0 Å². The lowest BCUT2D eigenvalue weighted by Crippen LogP contribution is -2.18. The fraction of sp³-hybridized carbons (Fsp3) is 0.786. The molecule has 2 fully saturated rings. The Balaban J connectivity index is 1.64. The van der Waals surface area contributed by atoms with Gasteiger partial charge in [-0.3, -0.25) is 0 Å². The first-order chi connectivity index (χ1) is 10.0. The fourth-order valence-electron chi connectivity index (χ4n) is 2.57. The fourth-order valence-corrected chi connectivity index (χ4v) is 4.96. The van der Waals surface area contributed by atoms with Crippen molar-refractivity contribution >= 4 is 23.1 Å². The maximum atomic E-state index is 13.1. The molecule has 0 bridgehead atoms. The molecule has 0 aromatic carbocycles. The monoisotopic (exact) mass is 336 g/mol. The van der Waals surface area contributed by atoms with Crippen LogP contribution in [0.25, 0.3) is 0 Å². The quantitative estimate of drug-likeness (QED) is 0.822. The summed E-state index contributed by atoms with van der Waals surface area (Å²) in [5.74, 6) is 0.613. The van der Waals surface area contributed by atoms with Crippen molar-refractivity contribution in [1.82, 2.24) is 10.3 Å². The third-order valence-electron chi connectivity index (χ3n) is 3.88. The van der Waals surface area contributed by atoms with Crippen LogP contribution in [0.3, 0.4) is 0 Å². The third-order valence-corrected chi connectivity index (χ3v) is 6.50. The Kier molecular flexibility index (Phi) is 4.81. The molecule has 0 unspecified atom stereocenters. The van der Waals surface area contributed by atoms with Crippen molar-refractivity contribution < 1.29 is 13.2 Å². The Bertz CT molecular complexity index is 477. The number of alkyl halides is 3. The molecule has 1 N–H and O–H groups in total. The predicted molar refractivity (Wildman–Crippen MR) is 80.5 cm³/mol. The Morgan fingerprint density at radius 2 is 1.90 bits per heavy atom. The van der Waals surface area contributed by atoms with E-state index in [0.717, 1.165) is 12.8 Å². The molecule has 1 heterocycles. The average Bonchev–Trinajstić information content (AvgIpc) is 2.94. The predicted octanol–water partition coefficient (Wildman–Crippen LogP) is 4.59. The van der Waals surface area contributed by atoms with E-state index in [1.165, 1.54) is 37.0 Å².